The van der Waals surface area contributed by atoms with Gasteiger partial charge in [-0.3, -0.25) is 4.79 Å². The van der Waals surface area contributed by atoms with Gasteiger partial charge in [0, 0.05) is 23.3 Å². The van der Waals surface area contributed by atoms with Gasteiger partial charge >= 0.3 is 5.91 Å². The molecule has 4 aromatic rings. The Kier molecular flexibility index (Phi) is 5.36. The molecule has 0 spiro atoms. The minimum absolute atomic E-state index is 0.237. The number of halogens is 2. The summed E-state index contributed by atoms with van der Waals surface area (Å²) in [6, 6.07) is 10.8. The number of para-hydroxylation sites is 1. The smallest absolute Gasteiger partial charge is 0.312 e. The number of benzene rings is 1. The van der Waals surface area contributed by atoms with Crippen LogP contribution in [-0.2, 0) is 4.79 Å². The number of rotatable bonds is 6. The van der Waals surface area contributed by atoms with Gasteiger partial charge in [0.1, 0.15) is 22.0 Å². The van der Waals surface area contributed by atoms with Gasteiger partial charge in [-0.2, -0.15) is 5.43 Å². The van der Waals surface area contributed by atoms with Crippen molar-refractivity contribution in [2.45, 2.75) is 6.43 Å². The van der Waals surface area contributed by atoms with Gasteiger partial charge in [-0.1, -0.05) is 17.2 Å². The highest BCUT2D eigenvalue weighted by Gasteiger charge is 2.27. The Labute approximate surface area is 189 Å². The van der Waals surface area contributed by atoms with Crippen molar-refractivity contribution in [2.75, 3.05) is 12.4 Å². The second kappa shape index (κ2) is 8.48. The zero-order chi connectivity index (χ0) is 22.9. The molecule has 0 saturated carbocycles. The molecule has 9 nitrogen and oxygen atoms in total. The van der Waals surface area contributed by atoms with E-state index in [1.54, 1.807) is 30.0 Å². The SMILES string of the molecule is COc1ccccc1-c1nc2cc(NC(=O)C3=C(c4nc(C(F)F)cs4)C=N[NH2+]3)ccn2n1. The van der Waals surface area contributed by atoms with Gasteiger partial charge < -0.3 is 10.1 Å². The molecule has 0 bridgehead atoms. The van der Waals surface area contributed by atoms with Crippen molar-refractivity contribution in [3.63, 3.8) is 0 Å². The molecule has 1 amide bonds. The number of carbonyl (C=O) groups is 1. The van der Waals surface area contributed by atoms with Crippen molar-refractivity contribution in [1.29, 1.82) is 0 Å². The third kappa shape index (κ3) is 3.97. The van der Waals surface area contributed by atoms with Gasteiger partial charge in [0.2, 0.25) is 5.70 Å². The summed E-state index contributed by atoms with van der Waals surface area (Å²) in [5.41, 5.74) is 3.44. The minimum Gasteiger partial charge on any atom is -0.496 e. The lowest BCUT2D eigenvalue weighted by Gasteiger charge is -2.04. The molecule has 1 aliphatic heterocycles. The van der Waals surface area contributed by atoms with Crippen LogP contribution in [0.3, 0.4) is 0 Å². The number of alkyl halides is 2. The monoisotopic (exact) mass is 468 g/mol. The van der Waals surface area contributed by atoms with E-state index in [1.807, 2.05) is 24.3 Å². The Morgan fingerprint density at radius 1 is 1.24 bits per heavy atom. The lowest BCUT2D eigenvalue weighted by atomic mass is 10.2. The summed E-state index contributed by atoms with van der Waals surface area (Å²) in [4.78, 5) is 21.3. The predicted octanol–water partition coefficient (Wildman–Crippen LogP) is 2.71. The van der Waals surface area contributed by atoms with E-state index in [0.717, 1.165) is 16.9 Å². The van der Waals surface area contributed by atoms with Gasteiger partial charge in [0.15, 0.2) is 11.5 Å². The third-order valence-corrected chi connectivity index (χ3v) is 5.76. The number of nitrogens with two attached hydrogens (primary N) is 1. The Morgan fingerprint density at radius 3 is 2.88 bits per heavy atom. The van der Waals surface area contributed by atoms with Crippen molar-refractivity contribution < 1.29 is 23.7 Å². The van der Waals surface area contributed by atoms with Crippen LogP contribution in [-0.4, -0.2) is 38.8 Å². The first kappa shape index (κ1) is 20.8. The van der Waals surface area contributed by atoms with Crippen molar-refractivity contribution in [2.24, 2.45) is 5.10 Å². The van der Waals surface area contributed by atoms with Crippen LogP contribution in [0.15, 0.2) is 58.8 Å². The van der Waals surface area contributed by atoms with Crippen LogP contribution in [0, 0.1) is 0 Å². The number of aromatic nitrogens is 4. The molecule has 3 N–H and O–H groups in total. The quantitative estimate of drug-likeness (QED) is 0.423. The number of hydrogen-bond acceptors (Lipinski definition) is 7. The first-order chi connectivity index (χ1) is 16.0. The number of carbonyl (C=O) groups excluding carboxylic acids is 1. The van der Waals surface area contributed by atoms with Crippen LogP contribution in [0.2, 0.25) is 0 Å². The van der Waals surface area contributed by atoms with E-state index in [0.29, 0.717) is 33.5 Å². The van der Waals surface area contributed by atoms with E-state index < -0.39 is 12.3 Å². The third-order valence-electron chi connectivity index (χ3n) is 4.86. The summed E-state index contributed by atoms with van der Waals surface area (Å²) in [5, 5.41) is 12.8. The van der Waals surface area contributed by atoms with Gasteiger partial charge in [0.25, 0.3) is 6.43 Å². The predicted molar refractivity (Wildman–Crippen MR) is 118 cm³/mol. The Morgan fingerprint density at radius 2 is 2.09 bits per heavy atom. The number of quaternary nitrogens is 1. The van der Waals surface area contributed by atoms with E-state index in [9.17, 15) is 13.6 Å². The summed E-state index contributed by atoms with van der Waals surface area (Å²) >= 11 is 1.04. The van der Waals surface area contributed by atoms with E-state index in [2.05, 4.69) is 25.5 Å². The molecule has 0 saturated heterocycles. The molecule has 4 heterocycles. The Balaban J connectivity index is 1.41. The molecule has 0 atom stereocenters. The second-order valence-electron chi connectivity index (χ2n) is 6.92. The highest BCUT2D eigenvalue weighted by molar-refractivity contribution is 7.11. The Hall–Kier alpha value is -4.03. The number of pyridine rings is 1. The Bertz CT molecular complexity index is 1430. The molecule has 5 rings (SSSR count). The number of fused-ring (bicyclic) bond motifs is 1. The fourth-order valence-electron chi connectivity index (χ4n) is 3.29. The molecule has 0 fully saturated rings. The molecule has 33 heavy (non-hydrogen) atoms. The van der Waals surface area contributed by atoms with Crippen molar-refractivity contribution in [1.82, 2.24) is 19.6 Å². The topological polar surface area (TPSA) is 110 Å². The number of thiazole rings is 1. The van der Waals surface area contributed by atoms with Gasteiger partial charge in [0.05, 0.1) is 18.9 Å². The fourth-order valence-corrected chi connectivity index (χ4v) is 4.12. The summed E-state index contributed by atoms with van der Waals surface area (Å²) < 4.78 is 32.7. The lowest BCUT2D eigenvalue weighted by Crippen LogP contribution is -2.76. The van der Waals surface area contributed by atoms with Gasteiger partial charge in [-0.05, 0) is 18.2 Å². The van der Waals surface area contributed by atoms with Crippen LogP contribution in [0.1, 0.15) is 17.1 Å². The van der Waals surface area contributed by atoms with E-state index in [4.69, 9.17) is 4.74 Å². The molecular weight excluding hydrogens is 452 g/mol. The first-order valence-corrected chi connectivity index (χ1v) is 10.6. The number of anilines is 1. The molecule has 3 aromatic heterocycles. The second-order valence-corrected chi connectivity index (χ2v) is 7.78. The zero-order valence-corrected chi connectivity index (χ0v) is 17.9. The fraction of sp³-hybridized carbons (Fsp3) is 0.0952. The number of nitrogens with zero attached hydrogens (tertiary/aromatic N) is 5. The number of hydrogen-bond donors (Lipinski definition) is 2. The van der Waals surface area contributed by atoms with E-state index in [-0.39, 0.29) is 11.4 Å². The van der Waals surface area contributed by atoms with Crippen molar-refractivity contribution in [3.05, 3.63) is 64.4 Å². The molecule has 0 aliphatic carbocycles. The molecule has 1 aromatic carbocycles. The molecular formula is C21H16F2N7O2S+. The maximum absolute atomic E-state index is 12.9. The average molecular weight is 468 g/mol. The van der Waals surface area contributed by atoms with Crippen LogP contribution in [0.4, 0.5) is 14.5 Å². The first-order valence-electron chi connectivity index (χ1n) is 9.69. The van der Waals surface area contributed by atoms with Crippen LogP contribution in [0.25, 0.3) is 22.6 Å². The van der Waals surface area contributed by atoms with Crippen LogP contribution < -0.4 is 15.5 Å². The molecule has 1 aliphatic rings. The number of ether oxygens (including phenoxy) is 1. The molecule has 166 valence electrons. The van der Waals surface area contributed by atoms with Crippen LogP contribution >= 0.6 is 11.3 Å². The van der Waals surface area contributed by atoms with Crippen LogP contribution in [0.5, 0.6) is 5.75 Å². The maximum Gasteiger partial charge on any atom is 0.312 e. The standard InChI is InChI=1S/C21H15F2N7O2S/c1-32-15-5-3-2-4-12(15)19-27-16-8-11(6-7-30(16)29-19)25-20(31)17-13(9-24-28-17)21-26-14(10-33-21)18(22)23/h2-10,18H,1H3,(H,24,28)(H,25,31)/p+1. The normalized spacial score (nSPS) is 13.3. The lowest BCUT2D eigenvalue weighted by molar-refractivity contribution is -0.601. The number of nitrogens with one attached hydrogen (secondary N) is 1. The van der Waals surface area contributed by atoms with E-state index >= 15 is 0 Å². The maximum atomic E-state index is 12.9. The summed E-state index contributed by atoms with van der Waals surface area (Å²) in [5.74, 6) is 0.692. The summed E-state index contributed by atoms with van der Waals surface area (Å²) in [6.45, 7) is 0. The van der Waals surface area contributed by atoms with Gasteiger partial charge in [-0.25, -0.2) is 23.3 Å². The summed E-state index contributed by atoms with van der Waals surface area (Å²) in [7, 11) is 1.58. The highest BCUT2D eigenvalue weighted by atomic mass is 32.1. The number of methoxy groups -OCH3 is 1. The minimum atomic E-state index is -2.68. The summed E-state index contributed by atoms with van der Waals surface area (Å²) in [6.07, 6.45) is 0.437. The van der Waals surface area contributed by atoms with Crippen molar-refractivity contribution in [3.8, 4) is 17.1 Å². The molecule has 12 heteroatoms. The van der Waals surface area contributed by atoms with Crippen molar-refractivity contribution >= 4 is 40.4 Å². The zero-order valence-electron chi connectivity index (χ0n) is 17.1. The highest BCUT2D eigenvalue weighted by Crippen LogP contribution is 2.28. The molecule has 0 unspecified atom stereocenters. The van der Waals surface area contributed by atoms with E-state index in [1.165, 1.54) is 17.0 Å². The number of amides is 1. The van der Waals surface area contributed by atoms with Gasteiger partial charge in [-0.15, -0.1) is 16.4 Å². The molecule has 0 radical (unpaired) electrons. The number of allylic oxidation sites excluding steroid dienone is 1. The largest absolute Gasteiger partial charge is 0.496 e. The average Bonchev–Trinajstić information content (AvgIpc) is 3.57.